The van der Waals surface area contributed by atoms with Crippen molar-refractivity contribution < 1.29 is 45.7 Å². The molecule has 0 aliphatic heterocycles. The monoisotopic (exact) mass is 586 g/mol. The van der Waals surface area contributed by atoms with Crippen molar-refractivity contribution in [2.75, 3.05) is 0 Å². The van der Waals surface area contributed by atoms with Gasteiger partial charge in [-0.05, 0) is 0 Å². The van der Waals surface area contributed by atoms with Crippen LogP contribution in [0.1, 0.15) is 0 Å². The van der Waals surface area contributed by atoms with Crippen molar-refractivity contribution in [1.82, 2.24) is 0 Å². The molecule has 0 rings (SSSR count). The molecule has 0 saturated heterocycles. The molecule has 0 aromatic heterocycles. The molecule has 6 heavy (non-hydrogen) atoms. The summed E-state index contributed by atoms with van der Waals surface area (Å²) in [7, 11) is 0. The molecule has 6 heteroatoms. The van der Waals surface area contributed by atoms with Crippen molar-refractivity contribution in [3.05, 3.63) is 0 Å². The smallest absolute Gasteiger partial charge is 0 e. The van der Waals surface area contributed by atoms with Crippen LogP contribution in [0.2, 0.25) is 0 Å². The van der Waals surface area contributed by atoms with Gasteiger partial charge >= 0.3 is 137 Å². The number of hydrogen-bond donors (Lipinski definition) is 0. The summed E-state index contributed by atoms with van der Waals surface area (Å²) in [6, 6.07) is 0. The molecule has 0 aliphatic rings. The molecule has 0 saturated carbocycles. The second-order valence-corrected chi connectivity index (χ2v) is 0. The van der Waals surface area contributed by atoms with Gasteiger partial charge in [0.2, 0.25) is 0 Å². The first-order chi connectivity index (χ1) is 0. The van der Waals surface area contributed by atoms with E-state index < -0.39 is 0 Å². The minimum Gasteiger partial charge on any atom is 0 e. The first-order valence-corrected chi connectivity index (χ1v) is 0. The van der Waals surface area contributed by atoms with Crippen LogP contribution < -0.4 is 0 Å². The summed E-state index contributed by atoms with van der Waals surface area (Å²) in [5.41, 5.74) is 0. The molecular weight excluding hydrogens is 578 g/mol. The van der Waals surface area contributed by atoms with Gasteiger partial charge < -0.3 is 0 Å². The Kier molecular flexibility index (Phi) is 207. The SMILES string of the molecule is [AsH3].[BaH2].[SbH3].[SrH2].[Zn].[Zr]. The Hall–Kier alpha value is 5.94. The summed E-state index contributed by atoms with van der Waals surface area (Å²) < 4.78 is 0. The molecule has 0 heterocycles. The molecule has 0 bridgehead atoms. The zero-order valence-corrected chi connectivity index (χ0v) is 15.0. The molecule has 0 aliphatic carbocycles. The Morgan fingerprint density at radius 2 is 1.00 bits per heavy atom. The average molecular weight is 588 g/mol. The second-order valence-electron chi connectivity index (χ2n) is 0. The summed E-state index contributed by atoms with van der Waals surface area (Å²) >= 11 is 0. The van der Waals surface area contributed by atoms with Crippen LogP contribution in [0.25, 0.3) is 0 Å². The van der Waals surface area contributed by atoms with Gasteiger partial charge in [0.15, 0.2) is 0 Å². The van der Waals surface area contributed by atoms with Crippen molar-refractivity contribution in [3.8, 4) is 0 Å². The van der Waals surface area contributed by atoms with Gasteiger partial charge in [0.25, 0.3) is 0 Å². The van der Waals surface area contributed by atoms with Gasteiger partial charge in [-0.3, -0.25) is 0 Å². The van der Waals surface area contributed by atoms with E-state index in [1.807, 2.05) is 0 Å². The van der Waals surface area contributed by atoms with Gasteiger partial charge in [-0.1, -0.05) is 0 Å². The summed E-state index contributed by atoms with van der Waals surface area (Å²) in [5.74, 6) is 0. The van der Waals surface area contributed by atoms with E-state index in [2.05, 4.69) is 0 Å². The van der Waals surface area contributed by atoms with Crippen LogP contribution in [-0.2, 0) is 45.7 Å². The number of rotatable bonds is 0. The molecule has 0 spiro atoms. The predicted octanol–water partition coefficient (Wildman–Crippen LogP) is -4.21. The minimum absolute atomic E-state index is 0. The van der Waals surface area contributed by atoms with Gasteiger partial charge in [-0.15, -0.1) is 0 Å². The van der Waals surface area contributed by atoms with Gasteiger partial charge in [0, 0.05) is 45.7 Å². The topological polar surface area (TPSA) is 0 Å². The van der Waals surface area contributed by atoms with E-state index in [0.717, 1.165) is 0 Å². The normalized spacial score (nSPS) is 0. The van der Waals surface area contributed by atoms with E-state index in [4.69, 9.17) is 0 Å². The fraction of sp³-hybridized carbons (Fsp3) is 0. The van der Waals surface area contributed by atoms with E-state index >= 15 is 0 Å². The summed E-state index contributed by atoms with van der Waals surface area (Å²) in [4.78, 5) is 0. The van der Waals surface area contributed by atoms with Gasteiger partial charge in [-0.25, -0.2) is 0 Å². The standard InChI is InChI=1S/AsH3.Ba.Sb.Sr.Zn.Zr.7H/h1H3;;;;;;;;;;;;. The van der Waals surface area contributed by atoms with Crippen LogP contribution in [0.4, 0.5) is 0 Å². The fourth-order valence-corrected chi connectivity index (χ4v) is 0. The number of hydrogen-bond acceptors (Lipinski definition) is 0. The molecular formula is H10AsBaSbSrZnZr. The summed E-state index contributed by atoms with van der Waals surface area (Å²) in [6.07, 6.45) is 0. The van der Waals surface area contributed by atoms with Gasteiger partial charge in [0.05, 0.1) is 0 Å². The third-order valence-electron chi connectivity index (χ3n) is 0. The first kappa shape index (κ1) is 40.5. The molecule has 0 nitrogen and oxygen atoms in total. The van der Waals surface area contributed by atoms with Crippen LogP contribution in [-0.4, -0.2) is 137 Å². The maximum Gasteiger partial charge on any atom is 0 e. The van der Waals surface area contributed by atoms with E-state index in [-0.39, 0.29) is 182 Å². The van der Waals surface area contributed by atoms with Crippen LogP contribution in [0.5, 0.6) is 0 Å². The van der Waals surface area contributed by atoms with Crippen LogP contribution in [0, 0.1) is 0 Å². The Morgan fingerprint density at radius 3 is 1.00 bits per heavy atom. The third-order valence-corrected chi connectivity index (χ3v) is 0. The quantitative estimate of drug-likeness (QED) is 0.252. The molecule has 0 fully saturated rings. The second kappa shape index (κ2) is 30.6. The molecule has 30 valence electrons. The van der Waals surface area contributed by atoms with Gasteiger partial charge in [0.1, 0.15) is 0 Å². The predicted molar refractivity (Wildman–Crippen MR) is 37.0 cm³/mol. The zero-order valence-electron chi connectivity index (χ0n) is 2.62. The maximum absolute atomic E-state index is 0. The zero-order chi connectivity index (χ0) is 0. The largest absolute Gasteiger partial charge is 0 e. The Bertz CT molecular complexity index is 15.5. The van der Waals surface area contributed by atoms with Crippen LogP contribution in [0.15, 0.2) is 0 Å². The van der Waals surface area contributed by atoms with E-state index in [1.54, 1.807) is 0 Å². The molecule has 0 amide bonds. The molecule has 0 aromatic carbocycles. The fourth-order valence-electron chi connectivity index (χ4n) is 0. The molecule has 0 aromatic rings. The first-order valence-electron chi connectivity index (χ1n) is 0. The molecule has 0 radical (unpaired) electrons. The Balaban J connectivity index is 0. The van der Waals surface area contributed by atoms with E-state index in [1.165, 1.54) is 0 Å². The average Bonchev–Trinajstić information content (AvgIpc) is 0. The molecule has 1 atom stereocenters. The summed E-state index contributed by atoms with van der Waals surface area (Å²) in [5, 5.41) is 0. The molecule has 0 N–H and O–H groups in total. The van der Waals surface area contributed by atoms with E-state index in [0.29, 0.717) is 0 Å². The Morgan fingerprint density at radius 1 is 1.00 bits per heavy atom. The maximum atomic E-state index is 0. The third kappa shape index (κ3) is 22.5. The van der Waals surface area contributed by atoms with Crippen molar-refractivity contribution in [2.24, 2.45) is 0 Å². The van der Waals surface area contributed by atoms with Crippen molar-refractivity contribution in [2.45, 2.75) is 0 Å². The van der Waals surface area contributed by atoms with Crippen molar-refractivity contribution >= 4 is 137 Å². The van der Waals surface area contributed by atoms with Crippen molar-refractivity contribution in [1.29, 1.82) is 0 Å². The van der Waals surface area contributed by atoms with Crippen molar-refractivity contribution in [3.63, 3.8) is 0 Å². The Labute approximate surface area is 176 Å². The summed E-state index contributed by atoms with van der Waals surface area (Å²) in [6.45, 7) is 0. The van der Waals surface area contributed by atoms with Crippen LogP contribution >= 0.6 is 0 Å². The minimum atomic E-state index is 0. The molecule has 1 unspecified atom stereocenters. The van der Waals surface area contributed by atoms with Crippen LogP contribution in [0.3, 0.4) is 0 Å². The van der Waals surface area contributed by atoms with Gasteiger partial charge in [-0.2, -0.15) is 0 Å². The van der Waals surface area contributed by atoms with E-state index in [9.17, 15) is 0 Å².